The molecule has 1 nitrogen and oxygen atoms in total. The van der Waals surface area contributed by atoms with Gasteiger partial charge in [0.15, 0.2) is 0 Å². The lowest BCUT2D eigenvalue weighted by Crippen LogP contribution is -2.33. The van der Waals surface area contributed by atoms with Gasteiger partial charge in [0.05, 0.1) is 0 Å². The Morgan fingerprint density at radius 3 is 2.82 bits per heavy atom. The fraction of sp³-hybridized carbons (Fsp3) is 0.600. The fourth-order valence-corrected chi connectivity index (χ4v) is 4.46. The Morgan fingerprint density at radius 1 is 1.24 bits per heavy atom. The summed E-state index contributed by atoms with van der Waals surface area (Å²) in [5.41, 5.74) is 1.59. The predicted octanol–water partition coefficient (Wildman–Crippen LogP) is 3.75. The number of benzene rings is 1. The van der Waals surface area contributed by atoms with Crippen molar-refractivity contribution in [1.29, 1.82) is 0 Å². The summed E-state index contributed by atoms with van der Waals surface area (Å²) >= 11 is 2.03. The molecule has 1 heterocycles. The Balaban J connectivity index is 1.66. The van der Waals surface area contributed by atoms with Crippen molar-refractivity contribution in [2.24, 2.45) is 0 Å². The smallest absolute Gasteiger partial charge is 0.0108 e. The Kier molecular flexibility index (Phi) is 3.44. The Labute approximate surface area is 109 Å². The second-order valence-corrected chi connectivity index (χ2v) is 6.49. The van der Waals surface area contributed by atoms with E-state index < -0.39 is 0 Å². The first-order chi connectivity index (χ1) is 8.34. The second-order valence-electron chi connectivity index (χ2n) is 5.42. The lowest BCUT2D eigenvalue weighted by atomic mass is 10.00. The lowest BCUT2D eigenvalue weighted by Gasteiger charge is -2.27. The molecule has 1 aromatic rings. The van der Waals surface area contributed by atoms with Gasteiger partial charge in [-0.15, -0.1) is 11.8 Å². The zero-order chi connectivity index (χ0) is 11.7. The highest BCUT2D eigenvalue weighted by Crippen LogP contribution is 2.40. The normalized spacial score (nSPS) is 24.5. The summed E-state index contributed by atoms with van der Waals surface area (Å²) in [6.45, 7) is 1.24. The van der Waals surface area contributed by atoms with Crippen LogP contribution in [0, 0.1) is 0 Å². The number of hydrogen-bond acceptors (Lipinski definition) is 2. The van der Waals surface area contributed by atoms with Crippen molar-refractivity contribution in [3.05, 3.63) is 29.8 Å². The third-order valence-corrected chi connectivity index (χ3v) is 5.51. The molecule has 0 bridgehead atoms. The van der Waals surface area contributed by atoms with Crippen LogP contribution in [0.1, 0.15) is 37.2 Å². The average Bonchev–Trinajstić information content (AvgIpc) is 2.98. The molecule has 1 unspecified atom stereocenters. The van der Waals surface area contributed by atoms with Crippen LogP contribution >= 0.6 is 11.8 Å². The van der Waals surface area contributed by atoms with Crippen LogP contribution in [0.2, 0.25) is 0 Å². The molecular formula is C15H21NS. The quantitative estimate of drug-likeness (QED) is 0.800. The molecule has 17 heavy (non-hydrogen) atoms. The van der Waals surface area contributed by atoms with Crippen LogP contribution in [0.3, 0.4) is 0 Å². The van der Waals surface area contributed by atoms with E-state index in [1.165, 1.54) is 42.9 Å². The van der Waals surface area contributed by atoms with Crippen molar-refractivity contribution in [3.63, 3.8) is 0 Å². The van der Waals surface area contributed by atoms with Crippen molar-refractivity contribution < 1.29 is 0 Å². The van der Waals surface area contributed by atoms with Gasteiger partial charge in [-0.25, -0.2) is 0 Å². The molecule has 1 atom stereocenters. The summed E-state index contributed by atoms with van der Waals surface area (Å²) < 4.78 is 0. The molecule has 2 heteroatoms. The van der Waals surface area contributed by atoms with Crippen LogP contribution in [0.5, 0.6) is 0 Å². The Hall–Kier alpha value is -0.470. The molecule has 92 valence electrons. The number of likely N-dealkylation sites (N-methyl/N-ethyl adjacent to an activating group) is 1. The van der Waals surface area contributed by atoms with Gasteiger partial charge in [0.2, 0.25) is 0 Å². The van der Waals surface area contributed by atoms with Gasteiger partial charge >= 0.3 is 0 Å². The van der Waals surface area contributed by atoms with Crippen molar-refractivity contribution in [3.8, 4) is 0 Å². The minimum absolute atomic E-state index is 0.752. The number of nitrogens with zero attached hydrogens (tertiary/aromatic N) is 1. The van der Waals surface area contributed by atoms with Gasteiger partial charge in [0.25, 0.3) is 0 Å². The molecule has 0 amide bonds. The summed E-state index contributed by atoms with van der Waals surface area (Å²) in [6.07, 6.45) is 5.70. The fourth-order valence-electron chi connectivity index (χ4n) is 3.22. The number of thioether (sulfide) groups is 1. The Bertz CT molecular complexity index is 384. The summed E-state index contributed by atoms with van der Waals surface area (Å²) in [5, 5.41) is 0. The van der Waals surface area contributed by atoms with E-state index in [2.05, 4.69) is 36.2 Å². The minimum atomic E-state index is 0.752. The molecule has 0 spiro atoms. The van der Waals surface area contributed by atoms with Crippen molar-refractivity contribution >= 4 is 11.8 Å². The van der Waals surface area contributed by atoms with Crippen LogP contribution in [-0.4, -0.2) is 30.3 Å². The van der Waals surface area contributed by atoms with E-state index in [-0.39, 0.29) is 0 Å². The monoisotopic (exact) mass is 247 g/mol. The molecule has 2 aliphatic rings. The average molecular weight is 247 g/mol. The first kappa shape index (κ1) is 11.6. The summed E-state index contributed by atoms with van der Waals surface area (Å²) in [4.78, 5) is 4.12. The minimum Gasteiger partial charge on any atom is -0.303 e. The third kappa shape index (κ3) is 2.38. The highest BCUT2D eigenvalue weighted by atomic mass is 32.2. The first-order valence-corrected chi connectivity index (χ1v) is 7.75. The zero-order valence-corrected chi connectivity index (χ0v) is 11.4. The molecule has 0 radical (unpaired) electrons. The van der Waals surface area contributed by atoms with Gasteiger partial charge in [0, 0.05) is 29.2 Å². The molecule has 3 rings (SSSR count). The topological polar surface area (TPSA) is 3.24 Å². The van der Waals surface area contributed by atoms with E-state index in [4.69, 9.17) is 0 Å². The summed E-state index contributed by atoms with van der Waals surface area (Å²) in [7, 11) is 2.32. The molecule has 1 aromatic carbocycles. The van der Waals surface area contributed by atoms with E-state index in [1.54, 1.807) is 5.56 Å². The van der Waals surface area contributed by atoms with Gasteiger partial charge < -0.3 is 4.90 Å². The molecule has 0 N–H and O–H groups in total. The van der Waals surface area contributed by atoms with Gasteiger partial charge in [-0.3, -0.25) is 0 Å². The van der Waals surface area contributed by atoms with Gasteiger partial charge in [-0.2, -0.15) is 0 Å². The maximum atomic E-state index is 2.61. The van der Waals surface area contributed by atoms with Crippen LogP contribution in [0.15, 0.2) is 29.2 Å². The maximum absolute atomic E-state index is 2.61. The highest BCUT2D eigenvalue weighted by Gasteiger charge is 2.27. The van der Waals surface area contributed by atoms with Gasteiger partial charge in [-0.1, -0.05) is 31.0 Å². The molecule has 0 saturated heterocycles. The van der Waals surface area contributed by atoms with Crippen LogP contribution in [-0.2, 0) is 0 Å². The largest absolute Gasteiger partial charge is 0.303 e. The maximum Gasteiger partial charge on any atom is 0.0108 e. The molecule has 1 aliphatic heterocycles. The molecule has 1 saturated carbocycles. The molecular weight excluding hydrogens is 226 g/mol. The van der Waals surface area contributed by atoms with E-state index in [9.17, 15) is 0 Å². The van der Waals surface area contributed by atoms with Crippen LogP contribution < -0.4 is 0 Å². The highest BCUT2D eigenvalue weighted by molar-refractivity contribution is 7.99. The van der Waals surface area contributed by atoms with Crippen molar-refractivity contribution in [2.75, 3.05) is 19.3 Å². The molecule has 1 fully saturated rings. The molecule has 1 aliphatic carbocycles. The van der Waals surface area contributed by atoms with Crippen molar-refractivity contribution in [1.82, 2.24) is 4.90 Å². The first-order valence-electron chi connectivity index (χ1n) is 6.76. The van der Waals surface area contributed by atoms with Gasteiger partial charge in [-0.05, 0) is 31.5 Å². The van der Waals surface area contributed by atoms with E-state index in [0.717, 1.165) is 12.0 Å². The van der Waals surface area contributed by atoms with Crippen LogP contribution in [0.25, 0.3) is 0 Å². The summed E-state index contributed by atoms with van der Waals surface area (Å²) in [6, 6.07) is 9.80. The van der Waals surface area contributed by atoms with Crippen molar-refractivity contribution in [2.45, 2.75) is 42.5 Å². The standard InChI is InChI=1S/C15H21NS/c1-16(13-6-2-3-7-13)10-12-11-17-15-9-5-4-8-14(12)15/h4-5,8-9,12-13H,2-3,6-7,10-11H2,1H3. The number of fused-ring (bicyclic) bond motifs is 1. The molecule has 0 aromatic heterocycles. The SMILES string of the molecule is CN(CC1CSc2ccccc21)C1CCCC1. The van der Waals surface area contributed by atoms with Crippen LogP contribution in [0.4, 0.5) is 0 Å². The van der Waals surface area contributed by atoms with E-state index in [0.29, 0.717) is 0 Å². The lowest BCUT2D eigenvalue weighted by molar-refractivity contribution is 0.235. The van der Waals surface area contributed by atoms with Gasteiger partial charge in [0.1, 0.15) is 0 Å². The second kappa shape index (κ2) is 5.03. The Morgan fingerprint density at radius 2 is 2.00 bits per heavy atom. The number of rotatable bonds is 3. The van der Waals surface area contributed by atoms with E-state index >= 15 is 0 Å². The van der Waals surface area contributed by atoms with E-state index in [1.807, 2.05) is 11.8 Å². The summed E-state index contributed by atoms with van der Waals surface area (Å²) in [5.74, 6) is 2.03. The third-order valence-electron chi connectivity index (χ3n) is 4.26. The number of hydrogen-bond donors (Lipinski definition) is 0. The predicted molar refractivity (Wildman–Crippen MR) is 74.8 cm³/mol. The zero-order valence-electron chi connectivity index (χ0n) is 10.6.